The van der Waals surface area contributed by atoms with Crippen molar-refractivity contribution in [2.24, 2.45) is 0 Å². The lowest BCUT2D eigenvalue weighted by molar-refractivity contribution is -0.137. The van der Waals surface area contributed by atoms with E-state index >= 15 is 0 Å². The van der Waals surface area contributed by atoms with Crippen molar-refractivity contribution in [1.29, 1.82) is 0 Å². The fraction of sp³-hybridized carbons (Fsp3) is 0.375. The lowest BCUT2D eigenvalue weighted by atomic mass is 9.58. The van der Waals surface area contributed by atoms with Crippen LogP contribution in [0.15, 0.2) is 42.0 Å². The number of nitrogens with one attached hydrogen (secondary N) is 1. The van der Waals surface area contributed by atoms with E-state index in [0.29, 0.717) is 17.7 Å². The summed E-state index contributed by atoms with van der Waals surface area (Å²) < 4.78 is 64.8. The van der Waals surface area contributed by atoms with E-state index in [1.807, 2.05) is 0 Å². The van der Waals surface area contributed by atoms with Crippen molar-refractivity contribution in [3.8, 4) is 0 Å². The highest BCUT2D eigenvalue weighted by Crippen LogP contribution is 2.57. The van der Waals surface area contributed by atoms with Crippen molar-refractivity contribution in [2.75, 3.05) is 6.54 Å². The topological polar surface area (TPSA) is 12.0 Å². The van der Waals surface area contributed by atoms with E-state index in [1.165, 1.54) is 12.1 Å². The number of dihydropyridines is 1. The van der Waals surface area contributed by atoms with Gasteiger partial charge in [0, 0.05) is 24.8 Å². The van der Waals surface area contributed by atoms with Crippen LogP contribution in [-0.4, -0.2) is 12.5 Å². The molecule has 2 aliphatic rings. The van der Waals surface area contributed by atoms with Crippen LogP contribution in [-0.2, 0) is 11.6 Å². The van der Waals surface area contributed by atoms with Gasteiger partial charge in [-0.05, 0) is 23.3 Å². The second-order valence-electron chi connectivity index (χ2n) is 5.69. The summed E-state index contributed by atoms with van der Waals surface area (Å²) >= 11 is 0. The normalized spacial score (nSPS) is 22.5. The molecule has 0 aromatic heterocycles. The van der Waals surface area contributed by atoms with Crippen LogP contribution in [0, 0.1) is 6.20 Å². The van der Waals surface area contributed by atoms with Crippen LogP contribution in [0.5, 0.6) is 0 Å². The second-order valence-corrected chi connectivity index (χ2v) is 5.69. The van der Waals surface area contributed by atoms with Crippen molar-refractivity contribution >= 4 is 0 Å². The molecule has 1 saturated carbocycles. The minimum absolute atomic E-state index is 0.417. The highest BCUT2D eigenvalue weighted by Gasteiger charge is 2.58. The Bertz CT molecular complexity index is 617. The van der Waals surface area contributed by atoms with Gasteiger partial charge < -0.3 is 5.32 Å². The second kappa shape index (κ2) is 4.83. The Labute approximate surface area is 124 Å². The Balaban J connectivity index is 1.97. The molecular weight excluding hydrogens is 301 g/mol. The largest absolute Gasteiger partial charge is 0.416 e. The Morgan fingerprint density at radius 1 is 1.05 bits per heavy atom. The van der Waals surface area contributed by atoms with Gasteiger partial charge in [-0.15, -0.1) is 0 Å². The van der Waals surface area contributed by atoms with Crippen molar-refractivity contribution in [3.63, 3.8) is 0 Å². The van der Waals surface area contributed by atoms with Crippen molar-refractivity contribution in [1.82, 2.24) is 5.32 Å². The monoisotopic (exact) mass is 314 g/mol. The highest BCUT2D eigenvalue weighted by atomic mass is 19.4. The van der Waals surface area contributed by atoms with Gasteiger partial charge in [-0.25, -0.2) is 8.78 Å². The molecule has 1 aliphatic heterocycles. The number of halogens is 5. The molecule has 1 aliphatic carbocycles. The van der Waals surface area contributed by atoms with Crippen LogP contribution in [0.25, 0.3) is 0 Å². The van der Waals surface area contributed by atoms with Gasteiger partial charge in [0.2, 0.25) is 0 Å². The third kappa shape index (κ3) is 2.51. The zero-order valence-corrected chi connectivity index (χ0v) is 11.5. The SMILES string of the molecule is FC1(F)CC(C2=[C]NCC=C2)(c2ccc(C(F)(F)F)cc2)C1. The van der Waals surface area contributed by atoms with E-state index in [4.69, 9.17) is 0 Å². The first-order valence-electron chi connectivity index (χ1n) is 6.81. The smallest absolute Gasteiger partial charge is 0.380 e. The summed E-state index contributed by atoms with van der Waals surface area (Å²) in [6.45, 7) is 0.559. The number of rotatable bonds is 2. The van der Waals surface area contributed by atoms with Crippen LogP contribution >= 0.6 is 0 Å². The van der Waals surface area contributed by atoms with E-state index in [1.54, 1.807) is 12.2 Å². The third-order valence-corrected chi connectivity index (χ3v) is 4.13. The molecule has 0 bridgehead atoms. The van der Waals surface area contributed by atoms with E-state index in [2.05, 4.69) is 11.5 Å². The minimum atomic E-state index is -4.44. The third-order valence-electron chi connectivity index (χ3n) is 4.13. The van der Waals surface area contributed by atoms with Crippen LogP contribution in [0.3, 0.4) is 0 Å². The number of alkyl halides is 5. The predicted molar refractivity (Wildman–Crippen MR) is 71.2 cm³/mol. The first kappa shape index (κ1) is 15.1. The van der Waals surface area contributed by atoms with Crippen molar-refractivity contribution < 1.29 is 22.0 Å². The fourth-order valence-corrected chi connectivity index (χ4v) is 3.06. The number of hydrogen-bond donors (Lipinski definition) is 1. The Morgan fingerprint density at radius 2 is 1.68 bits per heavy atom. The first-order valence-corrected chi connectivity index (χ1v) is 6.81. The molecule has 22 heavy (non-hydrogen) atoms. The molecule has 1 radical (unpaired) electrons. The highest BCUT2D eigenvalue weighted by molar-refractivity contribution is 5.46. The van der Waals surface area contributed by atoms with Crippen LogP contribution in [0.4, 0.5) is 22.0 Å². The molecule has 0 spiro atoms. The summed E-state index contributed by atoms with van der Waals surface area (Å²) in [5, 5.41) is 2.84. The molecule has 1 N–H and O–H groups in total. The number of benzene rings is 1. The van der Waals surface area contributed by atoms with E-state index in [-0.39, 0.29) is 0 Å². The number of allylic oxidation sites excluding steroid dienone is 2. The van der Waals surface area contributed by atoms with Gasteiger partial charge in [0.25, 0.3) is 5.92 Å². The van der Waals surface area contributed by atoms with Gasteiger partial charge in [-0.3, -0.25) is 0 Å². The maximum absolute atomic E-state index is 13.5. The van der Waals surface area contributed by atoms with Gasteiger partial charge in [0.1, 0.15) is 0 Å². The van der Waals surface area contributed by atoms with Crippen LogP contribution in [0.1, 0.15) is 24.0 Å². The molecule has 3 rings (SSSR count). The average molecular weight is 314 g/mol. The van der Waals surface area contributed by atoms with E-state index in [9.17, 15) is 22.0 Å². The zero-order valence-electron chi connectivity index (χ0n) is 11.5. The maximum atomic E-state index is 13.5. The maximum Gasteiger partial charge on any atom is 0.416 e. The molecule has 1 heterocycles. The van der Waals surface area contributed by atoms with Gasteiger partial charge in [-0.1, -0.05) is 24.3 Å². The fourth-order valence-electron chi connectivity index (χ4n) is 3.06. The molecular formula is C16H13F5N. The Hall–Kier alpha value is -1.85. The lowest BCUT2D eigenvalue weighted by Gasteiger charge is -2.49. The molecule has 1 aromatic carbocycles. The van der Waals surface area contributed by atoms with Gasteiger partial charge in [-0.2, -0.15) is 13.2 Å². The van der Waals surface area contributed by atoms with E-state index in [0.717, 1.165) is 12.1 Å². The van der Waals surface area contributed by atoms with Crippen molar-refractivity contribution in [2.45, 2.75) is 30.4 Å². The molecule has 6 heteroatoms. The minimum Gasteiger partial charge on any atom is -0.380 e. The van der Waals surface area contributed by atoms with Gasteiger partial charge >= 0.3 is 6.18 Å². The molecule has 0 saturated heterocycles. The molecule has 1 aromatic rings. The molecule has 117 valence electrons. The zero-order chi connectivity index (χ0) is 16.0. The summed E-state index contributed by atoms with van der Waals surface area (Å²) in [5.41, 5.74) is -0.739. The number of hydrogen-bond acceptors (Lipinski definition) is 1. The van der Waals surface area contributed by atoms with Crippen LogP contribution < -0.4 is 5.32 Å². The molecule has 0 amide bonds. The summed E-state index contributed by atoms with van der Waals surface area (Å²) in [6, 6.07) is 4.45. The first-order chi connectivity index (χ1) is 10.2. The summed E-state index contributed by atoms with van der Waals surface area (Å²) in [7, 11) is 0. The Kier molecular flexibility index (Phi) is 3.30. The predicted octanol–water partition coefficient (Wildman–Crippen LogP) is 4.22. The summed E-state index contributed by atoms with van der Waals surface area (Å²) in [4.78, 5) is 0. The average Bonchev–Trinajstić information content (AvgIpc) is 2.44. The molecule has 1 nitrogen and oxygen atoms in total. The molecule has 0 unspecified atom stereocenters. The van der Waals surface area contributed by atoms with E-state index < -0.39 is 35.9 Å². The quantitative estimate of drug-likeness (QED) is 0.806. The molecule has 0 atom stereocenters. The lowest BCUT2D eigenvalue weighted by Crippen LogP contribution is -2.51. The van der Waals surface area contributed by atoms with Crippen LogP contribution in [0.2, 0.25) is 0 Å². The Morgan fingerprint density at radius 3 is 2.14 bits per heavy atom. The summed E-state index contributed by atoms with van der Waals surface area (Å²) in [6.07, 6.45) is 1.09. The summed E-state index contributed by atoms with van der Waals surface area (Å²) in [5.74, 6) is -2.80. The van der Waals surface area contributed by atoms with Crippen molar-refractivity contribution in [3.05, 3.63) is 59.3 Å². The standard InChI is InChI=1S/C16H13F5N/c17-15(18)9-14(10-15,13-2-1-7-22-8-13)11-3-5-12(6-4-11)16(19,20)21/h1-6,22H,7,9-10H2. The van der Waals surface area contributed by atoms with Gasteiger partial charge in [0.15, 0.2) is 0 Å². The van der Waals surface area contributed by atoms with Gasteiger partial charge in [0.05, 0.1) is 11.8 Å². The molecule has 1 fully saturated rings.